The fraction of sp³-hybridized carbons (Fsp3) is 0.174. The van der Waals surface area contributed by atoms with E-state index in [2.05, 4.69) is 10.3 Å². The maximum Gasteiger partial charge on any atom is 0.416 e. The molecule has 2 heterocycles. The molecule has 1 amide bonds. The second-order valence-corrected chi connectivity index (χ2v) is 8.17. The lowest BCUT2D eigenvalue weighted by Crippen LogP contribution is -2.19. The lowest BCUT2D eigenvalue weighted by Gasteiger charge is -2.15. The molecule has 0 spiro atoms. The van der Waals surface area contributed by atoms with Crippen molar-refractivity contribution in [3.05, 3.63) is 59.1 Å². The van der Waals surface area contributed by atoms with Crippen LogP contribution in [0.1, 0.15) is 16.1 Å². The number of rotatable bonds is 7. The maximum absolute atomic E-state index is 13.2. The first-order chi connectivity index (χ1) is 16.6. The third-order valence-corrected chi connectivity index (χ3v) is 5.91. The van der Waals surface area contributed by atoms with E-state index in [1.54, 1.807) is 30.3 Å². The number of anilines is 1. The largest absolute Gasteiger partial charge is 0.496 e. The zero-order chi connectivity index (χ0) is 25.3. The monoisotopic (exact) mass is 505 g/mol. The molecule has 4 rings (SSSR count). The molecular formula is C23H18F3N3O5S. The average Bonchev–Trinajstić information content (AvgIpc) is 3.42. The van der Waals surface area contributed by atoms with Crippen LogP contribution in [-0.4, -0.2) is 40.8 Å². The Morgan fingerprint density at radius 1 is 1.11 bits per heavy atom. The van der Waals surface area contributed by atoms with Gasteiger partial charge in [0.05, 0.1) is 31.0 Å². The number of carbonyl (C=O) groups is 2. The Morgan fingerprint density at radius 3 is 2.37 bits per heavy atom. The highest BCUT2D eigenvalue weighted by atomic mass is 32.1. The van der Waals surface area contributed by atoms with Crippen molar-refractivity contribution in [1.82, 2.24) is 9.55 Å². The molecule has 182 valence electrons. The van der Waals surface area contributed by atoms with Crippen LogP contribution in [0, 0.1) is 0 Å². The molecule has 0 aliphatic rings. The lowest BCUT2D eigenvalue weighted by atomic mass is 10.1. The highest BCUT2D eigenvalue weighted by Gasteiger charge is 2.33. The Labute approximate surface area is 200 Å². The van der Waals surface area contributed by atoms with Crippen LogP contribution >= 0.6 is 11.3 Å². The number of amides is 1. The topological polar surface area (TPSA) is 103 Å². The highest BCUT2D eigenvalue weighted by Crippen LogP contribution is 2.44. The van der Waals surface area contributed by atoms with Gasteiger partial charge in [-0.25, -0.2) is 4.98 Å². The van der Waals surface area contributed by atoms with Crippen molar-refractivity contribution in [3.63, 3.8) is 0 Å². The van der Waals surface area contributed by atoms with E-state index in [1.165, 1.54) is 24.2 Å². The van der Waals surface area contributed by atoms with Crippen molar-refractivity contribution in [1.29, 1.82) is 0 Å². The number of aromatic nitrogens is 2. The molecule has 0 aliphatic carbocycles. The number of carboxylic acids is 1. The number of nitrogens with one attached hydrogen (secondary N) is 1. The van der Waals surface area contributed by atoms with Gasteiger partial charge in [0.1, 0.15) is 23.7 Å². The maximum atomic E-state index is 13.2. The second-order valence-electron chi connectivity index (χ2n) is 7.31. The predicted molar refractivity (Wildman–Crippen MR) is 123 cm³/mol. The standard InChI is InChI=1S/C23H18F3N3O5S/c1-33-17-8-13(23(24,25)26)9-18(34-2)20(17)14-11-35-22(27-14)28-21(32)16-7-12-5-3-4-6-15(12)29(16)10-19(30)31/h3-9,11H,10H2,1-2H3,(H,30,31)(H,27,28,32). The normalized spacial score (nSPS) is 11.5. The molecule has 2 N–H and O–H groups in total. The number of benzene rings is 2. The molecule has 0 fully saturated rings. The Hall–Kier alpha value is -4.06. The fourth-order valence-corrected chi connectivity index (χ4v) is 4.34. The van der Waals surface area contributed by atoms with Gasteiger partial charge in [0.2, 0.25) is 0 Å². The van der Waals surface area contributed by atoms with Crippen molar-refractivity contribution in [2.24, 2.45) is 0 Å². The third-order valence-electron chi connectivity index (χ3n) is 5.15. The van der Waals surface area contributed by atoms with Gasteiger partial charge in [0.25, 0.3) is 5.91 Å². The van der Waals surface area contributed by atoms with Crippen LogP contribution in [0.2, 0.25) is 0 Å². The summed E-state index contributed by atoms with van der Waals surface area (Å²) in [4.78, 5) is 28.7. The molecule has 0 atom stereocenters. The van der Waals surface area contributed by atoms with Gasteiger partial charge in [-0.15, -0.1) is 11.3 Å². The summed E-state index contributed by atoms with van der Waals surface area (Å²) in [6.45, 7) is -0.417. The van der Waals surface area contributed by atoms with E-state index in [9.17, 15) is 27.9 Å². The first kappa shape index (κ1) is 24.1. The molecule has 2 aromatic heterocycles. The molecule has 8 nitrogen and oxygen atoms in total. The van der Waals surface area contributed by atoms with Gasteiger partial charge in [-0.3, -0.25) is 14.9 Å². The smallest absolute Gasteiger partial charge is 0.416 e. The first-order valence-electron chi connectivity index (χ1n) is 10.0. The number of nitrogens with zero attached hydrogens (tertiary/aromatic N) is 2. The summed E-state index contributed by atoms with van der Waals surface area (Å²) in [6.07, 6.45) is -4.60. The summed E-state index contributed by atoms with van der Waals surface area (Å²) in [6, 6.07) is 10.2. The number of hydrogen-bond acceptors (Lipinski definition) is 6. The zero-order valence-corrected chi connectivity index (χ0v) is 19.2. The first-order valence-corrected chi connectivity index (χ1v) is 10.9. The minimum absolute atomic E-state index is 0.0959. The number of ether oxygens (including phenoxy) is 2. The quantitative estimate of drug-likeness (QED) is 0.361. The molecular weight excluding hydrogens is 487 g/mol. The summed E-state index contributed by atoms with van der Waals surface area (Å²) < 4.78 is 51.4. The lowest BCUT2D eigenvalue weighted by molar-refractivity contribution is -0.138. The Balaban J connectivity index is 1.68. The van der Waals surface area contributed by atoms with Crippen LogP contribution in [0.15, 0.2) is 47.8 Å². The number of methoxy groups -OCH3 is 2. The Bertz CT molecular complexity index is 1400. The van der Waals surface area contributed by atoms with E-state index in [0.717, 1.165) is 23.5 Å². The van der Waals surface area contributed by atoms with Crippen LogP contribution in [0.25, 0.3) is 22.2 Å². The molecule has 2 aromatic carbocycles. The second kappa shape index (κ2) is 9.29. The molecule has 0 saturated heterocycles. The minimum Gasteiger partial charge on any atom is -0.496 e. The molecule has 0 aliphatic heterocycles. The van der Waals surface area contributed by atoms with E-state index >= 15 is 0 Å². The number of para-hydroxylation sites is 1. The minimum atomic E-state index is -4.60. The molecule has 12 heteroatoms. The summed E-state index contributed by atoms with van der Waals surface area (Å²) in [7, 11) is 2.46. The van der Waals surface area contributed by atoms with Crippen molar-refractivity contribution in [2.45, 2.75) is 12.7 Å². The van der Waals surface area contributed by atoms with Gasteiger partial charge in [-0.2, -0.15) is 13.2 Å². The Morgan fingerprint density at radius 2 is 1.77 bits per heavy atom. The van der Waals surface area contributed by atoms with Crippen molar-refractivity contribution >= 4 is 39.2 Å². The Kier molecular flexibility index (Phi) is 6.39. The van der Waals surface area contributed by atoms with E-state index < -0.39 is 30.2 Å². The van der Waals surface area contributed by atoms with Gasteiger partial charge < -0.3 is 19.1 Å². The molecule has 35 heavy (non-hydrogen) atoms. The van der Waals surface area contributed by atoms with Crippen molar-refractivity contribution in [2.75, 3.05) is 19.5 Å². The van der Waals surface area contributed by atoms with Crippen LogP contribution in [0.5, 0.6) is 11.5 Å². The average molecular weight is 505 g/mol. The number of fused-ring (bicyclic) bond motifs is 1. The van der Waals surface area contributed by atoms with E-state index in [-0.39, 0.29) is 33.6 Å². The molecule has 0 saturated carbocycles. The number of carbonyl (C=O) groups excluding carboxylic acids is 1. The number of alkyl halides is 3. The van der Waals surface area contributed by atoms with Crippen molar-refractivity contribution in [3.8, 4) is 22.8 Å². The summed E-state index contributed by atoms with van der Waals surface area (Å²) >= 11 is 1.04. The summed E-state index contributed by atoms with van der Waals surface area (Å²) in [5.74, 6) is -1.89. The third kappa shape index (κ3) is 4.78. The number of hydrogen-bond donors (Lipinski definition) is 2. The van der Waals surface area contributed by atoms with Crippen LogP contribution in [-0.2, 0) is 17.5 Å². The molecule has 0 unspecified atom stereocenters. The van der Waals surface area contributed by atoms with Crippen molar-refractivity contribution < 1.29 is 37.3 Å². The highest BCUT2D eigenvalue weighted by molar-refractivity contribution is 7.14. The number of thiazole rings is 1. The summed E-state index contributed by atoms with van der Waals surface area (Å²) in [5.41, 5.74) is 0.192. The van der Waals surface area contributed by atoms with Gasteiger partial charge in [0, 0.05) is 16.3 Å². The van der Waals surface area contributed by atoms with Crippen LogP contribution in [0.4, 0.5) is 18.3 Å². The van der Waals surface area contributed by atoms with Crippen LogP contribution in [0.3, 0.4) is 0 Å². The molecule has 0 bridgehead atoms. The SMILES string of the molecule is COc1cc(C(F)(F)F)cc(OC)c1-c1csc(NC(=O)c2cc3ccccc3n2CC(=O)O)n1. The van der Waals surface area contributed by atoms with Crippen LogP contribution < -0.4 is 14.8 Å². The number of carboxylic acid groups (broad SMARTS) is 1. The zero-order valence-electron chi connectivity index (χ0n) is 18.3. The number of aliphatic carboxylic acids is 1. The number of halogens is 3. The van der Waals surface area contributed by atoms with Gasteiger partial charge in [-0.05, 0) is 24.3 Å². The summed E-state index contributed by atoms with van der Waals surface area (Å²) in [5, 5.41) is 14.3. The predicted octanol–water partition coefficient (Wildman–Crippen LogP) is 5.14. The molecule has 4 aromatic rings. The van der Waals surface area contributed by atoms with E-state index in [4.69, 9.17) is 9.47 Å². The van der Waals surface area contributed by atoms with E-state index in [0.29, 0.717) is 10.9 Å². The fourth-order valence-electron chi connectivity index (χ4n) is 3.64. The van der Waals surface area contributed by atoms with Gasteiger partial charge in [-0.1, -0.05) is 18.2 Å². The molecule has 0 radical (unpaired) electrons. The van der Waals surface area contributed by atoms with E-state index in [1.807, 2.05) is 0 Å². The van der Waals surface area contributed by atoms with Gasteiger partial charge >= 0.3 is 12.1 Å². The van der Waals surface area contributed by atoms with Gasteiger partial charge in [0.15, 0.2) is 5.13 Å².